The molecule has 0 spiro atoms. The SMILES string of the molecule is CN(CCS(C)(=O)=O)C(=O)C(C)(C)C(N)=NO. The Morgan fingerprint density at radius 2 is 1.94 bits per heavy atom. The van der Waals surface area contributed by atoms with Gasteiger partial charge in [0.25, 0.3) is 0 Å². The van der Waals surface area contributed by atoms with Gasteiger partial charge >= 0.3 is 0 Å². The summed E-state index contributed by atoms with van der Waals surface area (Å²) in [5, 5.41) is 11.4. The van der Waals surface area contributed by atoms with E-state index in [2.05, 4.69) is 5.16 Å². The highest BCUT2D eigenvalue weighted by Gasteiger charge is 2.35. The Bertz CT molecular complexity index is 414. The fourth-order valence-corrected chi connectivity index (χ4v) is 1.72. The van der Waals surface area contributed by atoms with E-state index in [1.807, 2.05) is 0 Å². The van der Waals surface area contributed by atoms with Crippen LogP contribution < -0.4 is 5.73 Å². The number of amidine groups is 1. The largest absolute Gasteiger partial charge is 0.409 e. The van der Waals surface area contributed by atoms with Gasteiger partial charge in [0.05, 0.1) is 5.75 Å². The van der Waals surface area contributed by atoms with Gasteiger partial charge in [-0.2, -0.15) is 0 Å². The van der Waals surface area contributed by atoms with Crippen LogP contribution in [0.4, 0.5) is 0 Å². The molecule has 3 N–H and O–H groups in total. The van der Waals surface area contributed by atoms with Crippen molar-refractivity contribution in [2.24, 2.45) is 16.3 Å². The van der Waals surface area contributed by atoms with Crippen molar-refractivity contribution in [3.05, 3.63) is 0 Å². The number of amides is 1. The lowest BCUT2D eigenvalue weighted by molar-refractivity contribution is -0.135. The van der Waals surface area contributed by atoms with Crippen LogP contribution in [0.5, 0.6) is 0 Å². The number of carbonyl (C=O) groups excluding carboxylic acids is 1. The van der Waals surface area contributed by atoms with Crippen molar-refractivity contribution < 1.29 is 18.4 Å². The van der Waals surface area contributed by atoms with Crippen molar-refractivity contribution in [3.63, 3.8) is 0 Å². The molecule has 0 aromatic rings. The Morgan fingerprint density at radius 1 is 1.47 bits per heavy atom. The van der Waals surface area contributed by atoms with Gasteiger partial charge in [0.1, 0.15) is 15.3 Å². The highest BCUT2D eigenvalue weighted by atomic mass is 32.2. The Hall–Kier alpha value is -1.31. The summed E-state index contributed by atoms with van der Waals surface area (Å²) in [6.45, 7) is 3.07. The topological polar surface area (TPSA) is 113 Å². The van der Waals surface area contributed by atoms with Gasteiger partial charge < -0.3 is 15.8 Å². The second-order valence-electron chi connectivity index (χ2n) is 4.47. The molecule has 0 atom stereocenters. The molecule has 0 aliphatic rings. The molecule has 0 aliphatic heterocycles. The van der Waals surface area contributed by atoms with Crippen LogP contribution >= 0.6 is 0 Å². The summed E-state index contributed by atoms with van der Waals surface area (Å²) in [5.41, 5.74) is 4.24. The van der Waals surface area contributed by atoms with Crippen LogP contribution in [0.25, 0.3) is 0 Å². The predicted octanol–water partition coefficient (Wildman–Crippen LogP) is -0.738. The van der Waals surface area contributed by atoms with Crippen molar-refractivity contribution in [2.75, 3.05) is 25.6 Å². The first-order valence-electron chi connectivity index (χ1n) is 4.93. The monoisotopic (exact) mass is 265 g/mol. The number of sulfone groups is 1. The lowest BCUT2D eigenvalue weighted by Crippen LogP contribution is -2.47. The minimum Gasteiger partial charge on any atom is -0.409 e. The van der Waals surface area contributed by atoms with E-state index in [4.69, 9.17) is 10.9 Å². The minimum atomic E-state index is -3.13. The maximum Gasteiger partial charge on any atom is 0.235 e. The van der Waals surface area contributed by atoms with Crippen LogP contribution in [0.15, 0.2) is 5.16 Å². The molecule has 0 saturated heterocycles. The molecule has 0 aliphatic carbocycles. The smallest absolute Gasteiger partial charge is 0.235 e. The number of hydrogen-bond acceptors (Lipinski definition) is 5. The van der Waals surface area contributed by atoms with Crippen molar-refractivity contribution in [1.29, 1.82) is 0 Å². The number of carbonyl (C=O) groups is 1. The lowest BCUT2D eigenvalue weighted by Gasteiger charge is -2.27. The first-order valence-corrected chi connectivity index (χ1v) is 6.99. The first-order chi connectivity index (χ1) is 7.52. The molecule has 17 heavy (non-hydrogen) atoms. The lowest BCUT2D eigenvalue weighted by atomic mass is 9.90. The highest BCUT2D eigenvalue weighted by molar-refractivity contribution is 7.90. The van der Waals surface area contributed by atoms with Crippen LogP contribution in [0, 0.1) is 5.41 Å². The Labute approximate surface area is 101 Å². The van der Waals surface area contributed by atoms with E-state index in [-0.39, 0.29) is 18.1 Å². The zero-order valence-corrected chi connectivity index (χ0v) is 11.3. The maximum absolute atomic E-state index is 11.9. The van der Waals surface area contributed by atoms with E-state index < -0.39 is 21.2 Å². The van der Waals surface area contributed by atoms with Gasteiger partial charge in [-0.05, 0) is 13.8 Å². The van der Waals surface area contributed by atoms with Gasteiger partial charge in [-0.15, -0.1) is 0 Å². The zero-order valence-electron chi connectivity index (χ0n) is 10.5. The molecular weight excluding hydrogens is 246 g/mol. The number of rotatable bonds is 5. The highest BCUT2D eigenvalue weighted by Crippen LogP contribution is 2.18. The van der Waals surface area contributed by atoms with Crippen LogP contribution in [-0.2, 0) is 14.6 Å². The molecule has 1 amide bonds. The summed E-state index contributed by atoms with van der Waals surface area (Å²) in [7, 11) is -1.66. The van der Waals surface area contributed by atoms with Gasteiger partial charge in [0.2, 0.25) is 5.91 Å². The maximum atomic E-state index is 11.9. The van der Waals surface area contributed by atoms with Gasteiger partial charge in [-0.1, -0.05) is 5.16 Å². The Balaban J connectivity index is 4.72. The third-order valence-electron chi connectivity index (χ3n) is 2.43. The summed E-state index contributed by atoms with van der Waals surface area (Å²) in [6, 6.07) is 0. The summed E-state index contributed by atoms with van der Waals surface area (Å²) in [4.78, 5) is 13.2. The standard InChI is InChI=1S/C9H19N3O4S/c1-9(2,7(10)11-14)8(13)12(3)5-6-17(4,15)16/h14H,5-6H2,1-4H3,(H2,10,11). The first kappa shape index (κ1) is 15.7. The molecule has 0 radical (unpaired) electrons. The van der Waals surface area contributed by atoms with Gasteiger partial charge in [0, 0.05) is 19.8 Å². The average Bonchev–Trinajstić information content (AvgIpc) is 2.22. The third-order valence-corrected chi connectivity index (χ3v) is 3.35. The molecule has 0 heterocycles. The number of oxime groups is 1. The molecule has 0 aromatic heterocycles. The van der Waals surface area contributed by atoms with E-state index in [0.717, 1.165) is 6.26 Å². The number of nitrogens with zero attached hydrogens (tertiary/aromatic N) is 2. The Kier molecular flexibility index (Phi) is 4.94. The molecule has 8 heteroatoms. The summed E-state index contributed by atoms with van der Waals surface area (Å²) in [6.07, 6.45) is 1.10. The fraction of sp³-hybridized carbons (Fsp3) is 0.778. The molecule has 0 fully saturated rings. The zero-order chi connectivity index (χ0) is 13.9. The average molecular weight is 265 g/mol. The summed E-state index contributed by atoms with van der Waals surface area (Å²) in [5.74, 6) is -0.744. The van der Waals surface area contributed by atoms with Gasteiger partial charge in [0.15, 0.2) is 5.84 Å². The van der Waals surface area contributed by atoms with Crippen LogP contribution in [0.1, 0.15) is 13.8 Å². The molecule has 0 saturated carbocycles. The minimum absolute atomic E-state index is 0.0693. The molecule has 0 rings (SSSR count). The molecule has 100 valence electrons. The third kappa shape index (κ3) is 4.59. The number of nitrogens with two attached hydrogens (primary N) is 1. The Morgan fingerprint density at radius 3 is 2.29 bits per heavy atom. The fourth-order valence-electron chi connectivity index (χ4n) is 1.12. The van der Waals surface area contributed by atoms with Crippen LogP contribution in [-0.4, -0.2) is 55.9 Å². The normalized spacial score (nSPS) is 13.5. The second-order valence-corrected chi connectivity index (χ2v) is 6.73. The van der Waals surface area contributed by atoms with E-state index >= 15 is 0 Å². The van der Waals surface area contributed by atoms with E-state index in [0.29, 0.717) is 0 Å². The predicted molar refractivity (Wildman–Crippen MR) is 64.5 cm³/mol. The van der Waals surface area contributed by atoms with E-state index in [1.54, 1.807) is 0 Å². The van der Waals surface area contributed by atoms with Crippen molar-refractivity contribution >= 4 is 21.6 Å². The van der Waals surface area contributed by atoms with Crippen molar-refractivity contribution in [1.82, 2.24) is 4.90 Å². The molecule has 7 nitrogen and oxygen atoms in total. The second kappa shape index (κ2) is 5.35. The quantitative estimate of drug-likeness (QED) is 0.294. The van der Waals surface area contributed by atoms with Crippen molar-refractivity contribution in [2.45, 2.75) is 13.8 Å². The molecular formula is C9H19N3O4S. The number of hydrogen-bond donors (Lipinski definition) is 2. The summed E-state index contributed by atoms with van der Waals surface area (Å²) < 4.78 is 21.9. The van der Waals surface area contributed by atoms with E-state index in [9.17, 15) is 13.2 Å². The van der Waals surface area contributed by atoms with Gasteiger partial charge in [-0.3, -0.25) is 4.79 Å². The van der Waals surface area contributed by atoms with Crippen LogP contribution in [0.2, 0.25) is 0 Å². The van der Waals surface area contributed by atoms with Crippen LogP contribution in [0.3, 0.4) is 0 Å². The molecule has 0 unspecified atom stereocenters. The summed E-state index contributed by atoms with van der Waals surface area (Å²) >= 11 is 0. The van der Waals surface area contributed by atoms with E-state index in [1.165, 1.54) is 25.8 Å². The van der Waals surface area contributed by atoms with Gasteiger partial charge in [-0.25, -0.2) is 8.42 Å². The van der Waals surface area contributed by atoms with Crippen molar-refractivity contribution in [3.8, 4) is 0 Å². The molecule has 0 aromatic carbocycles. The molecule has 0 bridgehead atoms.